The Hall–Kier alpha value is -1.72. The lowest BCUT2D eigenvalue weighted by Crippen LogP contribution is -3.11. The molecule has 1 aromatic carbocycles. The highest BCUT2D eigenvalue weighted by molar-refractivity contribution is 7.13. The van der Waals surface area contributed by atoms with Gasteiger partial charge in [0.1, 0.15) is 17.2 Å². The van der Waals surface area contributed by atoms with Gasteiger partial charge in [-0.1, -0.05) is 38.1 Å². The standard InChI is InChI=1S/C19H25N3OS/c1-13(2)14-3-5-16(6-4-14)19-21-17(12-24-19)11-22-9-7-15(8-10-22)18(20)23/h3-6,12-13,15H,7-11H2,1-2H3,(H2,20,23)/p+1. The van der Waals surface area contributed by atoms with Crippen molar-refractivity contribution < 1.29 is 9.69 Å². The number of aromatic nitrogens is 1. The Balaban J connectivity index is 1.61. The maximum Gasteiger partial charge on any atom is 0.220 e. The SMILES string of the molecule is CC(C)c1ccc(-c2nc(C[NH+]3CCC(C(N)=O)CC3)cs2)cc1. The van der Waals surface area contributed by atoms with Gasteiger partial charge in [-0.05, 0) is 11.5 Å². The summed E-state index contributed by atoms with van der Waals surface area (Å²) in [5.41, 5.74) is 9.10. The number of benzene rings is 1. The highest BCUT2D eigenvalue weighted by Crippen LogP contribution is 2.25. The fourth-order valence-corrected chi connectivity index (χ4v) is 4.10. The predicted molar refractivity (Wildman–Crippen MR) is 98.0 cm³/mol. The van der Waals surface area contributed by atoms with Gasteiger partial charge in [-0.25, -0.2) is 4.98 Å². The second-order valence-corrected chi connectivity index (χ2v) is 7.88. The molecule has 1 saturated heterocycles. The van der Waals surface area contributed by atoms with E-state index in [1.54, 1.807) is 11.3 Å². The van der Waals surface area contributed by atoms with Crippen LogP contribution in [0.15, 0.2) is 29.6 Å². The van der Waals surface area contributed by atoms with E-state index in [-0.39, 0.29) is 11.8 Å². The lowest BCUT2D eigenvalue weighted by Gasteiger charge is -2.27. The average molecular weight is 345 g/mol. The predicted octanol–water partition coefficient (Wildman–Crippen LogP) is 2.21. The number of carbonyl (C=O) groups is 1. The summed E-state index contributed by atoms with van der Waals surface area (Å²) in [6.45, 7) is 7.36. The minimum atomic E-state index is -0.144. The minimum Gasteiger partial charge on any atom is -0.369 e. The molecule has 1 amide bonds. The van der Waals surface area contributed by atoms with E-state index in [2.05, 4.69) is 43.5 Å². The maximum absolute atomic E-state index is 11.2. The van der Waals surface area contributed by atoms with Crippen LogP contribution in [0.3, 0.4) is 0 Å². The Labute approximate surface area is 147 Å². The lowest BCUT2D eigenvalue weighted by atomic mass is 9.96. The van der Waals surface area contributed by atoms with Gasteiger partial charge in [-0.2, -0.15) is 0 Å². The number of rotatable bonds is 5. The summed E-state index contributed by atoms with van der Waals surface area (Å²) >= 11 is 1.71. The topological polar surface area (TPSA) is 60.4 Å². The Morgan fingerprint density at radius 2 is 1.96 bits per heavy atom. The van der Waals surface area contributed by atoms with Gasteiger partial charge in [0.25, 0.3) is 0 Å². The molecule has 0 bridgehead atoms. The first-order chi connectivity index (χ1) is 11.5. The summed E-state index contributed by atoms with van der Waals surface area (Å²) in [5, 5.41) is 3.26. The van der Waals surface area contributed by atoms with E-state index >= 15 is 0 Å². The number of amides is 1. The number of likely N-dealkylation sites (tertiary alicyclic amines) is 1. The number of quaternary nitrogens is 1. The van der Waals surface area contributed by atoms with Crippen LogP contribution in [0.2, 0.25) is 0 Å². The largest absolute Gasteiger partial charge is 0.369 e. The zero-order valence-electron chi connectivity index (χ0n) is 14.4. The van der Waals surface area contributed by atoms with Gasteiger partial charge in [0.05, 0.1) is 13.1 Å². The number of nitrogens with two attached hydrogens (primary N) is 1. The molecular weight excluding hydrogens is 318 g/mol. The lowest BCUT2D eigenvalue weighted by molar-refractivity contribution is -0.919. The molecule has 2 aromatic rings. The molecular formula is C19H26N3OS+. The number of carbonyl (C=O) groups excluding carboxylic acids is 1. The molecule has 2 heterocycles. The van der Waals surface area contributed by atoms with Gasteiger partial charge in [0, 0.05) is 29.7 Å². The number of hydrogen-bond donors (Lipinski definition) is 2. The van der Waals surface area contributed by atoms with Crippen LogP contribution in [0.4, 0.5) is 0 Å². The number of piperidine rings is 1. The highest BCUT2D eigenvalue weighted by atomic mass is 32.1. The molecule has 0 spiro atoms. The number of thiazole rings is 1. The molecule has 0 saturated carbocycles. The van der Waals surface area contributed by atoms with Gasteiger partial charge in [-0.3, -0.25) is 4.79 Å². The summed E-state index contributed by atoms with van der Waals surface area (Å²) in [5.74, 6) is 0.479. The number of hydrogen-bond acceptors (Lipinski definition) is 3. The molecule has 0 aliphatic carbocycles. The Kier molecular flexibility index (Phi) is 5.31. The number of nitrogens with one attached hydrogen (secondary N) is 1. The molecule has 5 heteroatoms. The quantitative estimate of drug-likeness (QED) is 0.874. The van der Waals surface area contributed by atoms with E-state index in [9.17, 15) is 4.79 Å². The first kappa shape index (κ1) is 17.1. The van der Waals surface area contributed by atoms with Crippen molar-refractivity contribution in [3.8, 4) is 10.6 Å². The van der Waals surface area contributed by atoms with Crippen LogP contribution in [0.25, 0.3) is 10.6 Å². The van der Waals surface area contributed by atoms with Crippen molar-refractivity contribution in [2.45, 2.75) is 39.2 Å². The second-order valence-electron chi connectivity index (χ2n) is 7.02. The Bertz CT molecular complexity index is 685. The molecule has 128 valence electrons. The van der Waals surface area contributed by atoms with E-state index in [4.69, 9.17) is 10.7 Å². The number of primary amides is 1. The first-order valence-electron chi connectivity index (χ1n) is 8.70. The van der Waals surface area contributed by atoms with Gasteiger partial charge < -0.3 is 10.6 Å². The third-order valence-electron chi connectivity index (χ3n) is 4.90. The van der Waals surface area contributed by atoms with Crippen molar-refractivity contribution >= 4 is 17.2 Å². The van der Waals surface area contributed by atoms with Crippen molar-refractivity contribution in [1.82, 2.24) is 4.98 Å². The molecule has 0 radical (unpaired) electrons. The molecule has 1 aromatic heterocycles. The Morgan fingerprint density at radius 1 is 1.29 bits per heavy atom. The molecule has 24 heavy (non-hydrogen) atoms. The van der Waals surface area contributed by atoms with E-state index in [1.807, 2.05) is 0 Å². The zero-order valence-corrected chi connectivity index (χ0v) is 15.2. The van der Waals surface area contributed by atoms with Crippen LogP contribution in [0.5, 0.6) is 0 Å². The second kappa shape index (κ2) is 7.45. The van der Waals surface area contributed by atoms with Crippen molar-refractivity contribution in [2.24, 2.45) is 11.7 Å². The average Bonchev–Trinajstić information content (AvgIpc) is 3.04. The molecule has 0 atom stereocenters. The van der Waals surface area contributed by atoms with Crippen LogP contribution in [-0.4, -0.2) is 24.0 Å². The van der Waals surface area contributed by atoms with Gasteiger partial charge in [0.15, 0.2) is 0 Å². The monoisotopic (exact) mass is 344 g/mol. The van der Waals surface area contributed by atoms with E-state index in [0.717, 1.165) is 43.2 Å². The van der Waals surface area contributed by atoms with Crippen LogP contribution in [0, 0.1) is 5.92 Å². The minimum absolute atomic E-state index is 0.0687. The molecule has 3 rings (SSSR count). The summed E-state index contributed by atoms with van der Waals surface area (Å²) in [6.07, 6.45) is 1.80. The van der Waals surface area contributed by atoms with Crippen LogP contribution < -0.4 is 10.6 Å². The Morgan fingerprint density at radius 3 is 2.54 bits per heavy atom. The van der Waals surface area contributed by atoms with Gasteiger partial charge in [-0.15, -0.1) is 11.3 Å². The highest BCUT2D eigenvalue weighted by Gasteiger charge is 2.26. The van der Waals surface area contributed by atoms with Crippen molar-refractivity contribution in [1.29, 1.82) is 0 Å². The smallest absolute Gasteiger partial charge is 0.220 e. The third kappa shape index (κ3) is 4.02. The molecule has 1 aliphatic rings. The van der Waals surface area contributed by atoms with E-state index in [0.29, 0.717) is 5.92 Å². The summed E-state index contributed by atoms with van der Waals surface area (Å²) in [4.78, 5) is 17.6. The zero-order chi connectivity index (χ0) is 17.1. The summed E-state index contributed by atoms with van der Waals surface area (Å²) in [7, 11) is 0. The van der Waals surface area contributed by atoms with Crippen molar-refractivity contribution in [3.63, 3.8) is 0 Å². The molecule has 3 N–H and O–H groups in total. The summed E-state index contributed by atoms with van der Waals surface area (Å²) < 4.78 is 0. The first-order valence-corrected chi connectivity index (χ1v) is 9.58. The molecule has 1 aliphatic heterocycles. The fraction of sp³-hybridized carbons (Fsp3) is 0.474. The van der Waals surface area contributed by atoms with E-state index < -0.39 is 0 Å². The maximum atomic E-state index is 11.2. The summed E-state index contributed by atoms with van der Waals surface area (Å²) in [6, 6.07) is 8.73. The van der Waals surface area contributed by atoms with Gasteiger partial charge in [0.2, 0.25) is 5.91 Å². The van der Waals surface area contributed by atoms with Crippen molar-refractivity contribution in [2.75, 3.05) is 13.1 Å². The van der Waals surface area contributed by atoms with Gasteiger partial charge >= 0.3 is 0 Å². The number of nitrogens with zero attached hydrogens (tertiary/aromatic N) is 1. The van der Waals surface area contributed by atoms with Crippen LogP contribution in [-0.2, 0) is 11.3 Å². The molecule has 4 nitrogen and oxygen atoms in total. The third-order valence-corrected chi connectivity index (χ3v) is 5.84. The normalized spacial score (nSPS) is 21.1. The van der Waals surface area contributed by atoms with Crippen LogP contribution >= 0.6 is 11.3 Å². The molecule has 0 unspecified atom stereocenters. The fourth-order valence-electron chi connectivity index (χ4n) is 3.27. The van der Waals surface area contributed by atoms with E-state index in [1.165, 1.54) is 16.0 Å². The molecule has 1 fully saturated rings. The van der Waals surface area contributed by atoms with Crippen LogP contribution in [0.1, 0.15) is 43.9 Å². The van der Waals surface area contributed by atoms with Crippen molar-refractivity contribution in [3.05, 3.63) is 40.9 Å².